The van der Waals surface area contributed by atoms with Gasteiger partial charge in [0.25, 0.3) is 0 Å². The van der Waals surface area contributed by atoms with Crippen LogP contribution in [0.15, 0.2) is 18.2 Å². The predicted molar refractivity (Wildman–Crippen MR) is 77.1 cm³/mol. The summed E-state index contributed by atoms with van der Waals surface area (Å²) in [6, 6.07) is 4.29. The number of nitrogens with one attached hydrogen (secondary N) is 2. The first-order valence-electron chi connectivity index (χ1n) is 7.57. The number of carbonyl (C=O) groups is 1. The van der Waals surface area contributed by atoms with Gasteiger partial charge >= 0.3 is 0 Å². The molecule has 1 aromatic heterocycles. The van der Waals surface area contributed by atoms with E-state index in [1.165, 1.54) is 25.0 Å². The van der Waals surface area contributed by atoms with Gasteiger partial charge in [0, 0.05) is 17.2 Å². The Morgan fingerprint density at radius 3 is 2.68 bits per heavy atom. The van der Waals surface area contributed by atoms with Crippen LogP contribution in [0.25, 0.3) is 11.4 Å². The fourth-order valence-corrected chi connectivity index (χ4v) is 3.68. The average Bonchev–Trinajstić information content (AvgIpc) is 2.97. The summed E-state index contributed by atoms with van der Waals surface area (Å²) >= 11 is 0. The van der Waals surface area contributed by atoms with Crippen molar-refractivity contribution in [3.63, 3.8) is 0 Å². The molecule has 2 aromatic rings. The maximum atomic E-state index is 13.7. The van der Waals surface area contributed by atoms with E-state index in [9.17, 15) is 9.18 Å². The van der Waals surface area contributed by atoms with Gasteiger partial charge in [-0.25, -0.2) is 4.39 Å². The first-order valence-corrected chi connectivity index (χ1v) is 7.57. The minimum atomic E-state index is -0.439. The van der Waals surface area contributed by atoms with E-state index in [2.05, 4.69) is 25.9 Å². The molecule has 2 aliphatic rings. The molecule has 0 aliphatic heterocycles. The average molecular weight is 301 g/mol. The lowest BCUT2D eigenvalue weighted by Crippen LogP contribution is -2.15. The van der Waals surface area contributed by atoms with Crippen molar-refractivity contribution in [1.29, 1.82) is 0 Å². The van der Waals surface area contributed by atoms with Gasteiger partial charge in [-0.3, -0.25) is 4.79 Å². The third-order valence-electron chi connectivity index (χ3n) is 4.73. The molecule has 1 heterocycles. The maximum absolute atomic E-state index is 13.7. The smallest absolute Gasteiger partial charge is 0.228 e. The minimum Gasteiger partial charge on any atom is -0.326 e. The molecule has 0 saturated heterocycles. The molecule has 7 heteroatoms. The molecular weight excluding hydrogens is 285 g/mol. The highest BCUT2D eigenvalue weighted by molar-refractivity contribution is 5.95. The van der Waals surface area contributed by atoms with E-state index in [4.69, 9.17) is 0 Å². The second-order valence-electron chi connectivity index (χ2n) is 6.09. The number of benzene rings is 1. The number of H-pyrrole nitrogens is 1. The fourth-order valence-electron chi connectivity index (χ4n) is 3.68. The first kappa shape index (κ1) is 13.4. The van der Waals surface area contributed by atoms with E-state index >= 15 is 0 Å². The molecule has 6 nitrogen and oxygen atoms in total. The van der Waals surface area contributed by atoms with E-state index in [0.29, 0.717) is 28.9 Å². The number of tetrazole rings is 1. The van der Waals surface area contributed by atoms with Crippen LogP contribution >= 0.6 is 0 Å². The molecule has 2 N–H and O–H groups in total. The quantitative estimate of drug-likeness (QED) is 0.911. The zero-order valence-electron chi connectivity index (χ0n) is 11.9. The number of hydrogen-bond donors (Lipinski definition) is 2. The lowest BCUT2D eigenvalue weighted by atomic mass is 10.0. The Morgan fingerprint density at radius 2 is 2.00 bits per heavy atom. The molecule has 0 radical (unpaired) electrons. The van der Waals surface area contributed by atoms with Crippen LogP contribution in [0.3, 0.4) is 0 Å². The zero-order chi connectivity index (χ0) is 15.1. The Labute approximate surface area is 126 Å². The van der Waals surface area contributed by atoms with Crippen LogP contribution in [0.5, 0.6) is 0 Å². The highest BCUT2D eigenvalue weighted by Gasteiger charge is 2.54. The largest absolute Gasteiger partial charge is 0.326 e. The number of aromatic nitrogens is 4. The molecule has 114 valence electrons. The van der Waals surface area contributed by atoms with Crippen molar-refractivity contribution in [3.8, 4) is 11.4 Å². The van der Waals surface area contributed by atoms with Crippen molar-refractivity contribution in [2.75, 3.05) is 5.32 Å². The standard InChI is InChI=1S/C15H16FN5O/c16-9-5-8(14-18-20-21-19-14)6-10(7-9)17-15(22)13-11-3-1-2-4-12(11)13/h5-7,11-13H,1-4H2,(H,17,22)(H,18,19,20,21)/t11-,12+,13?. The van der Waals surface area contributed by atoms with Crippen LogP contribution in [-0.4, -0.2) is 26.5 Å². The van der Waals surface area contributed by atoms with Crippen molar-refractivity contribution in [1.82, 2.24) is 20.6 Å². The first-order chi connectivity index (χ1) is 10.7. The second-order valence-corrected chi connectivity index (χ2v) is 6.09. The van der Waals surface area contributed by atoms with Crippen LogP contribution < -0.4 is 5.32 Å². The number of nitrogens with zero attached hydrogens (tertiary/aromatic N) is 3. The third kappa shape index (κ3) is 2.36. The monoisotopic (exact) mass is 301 g/mol. The molecule has 1 unspecified atom stereocenters. The van der Waals surface area contributed by atoms with E-state index in [1.807, 2.05) is 0 Å². The molecule has 0 spiro atoms. The highest BCUT2D eigenvalue weighted by Crippen LogP contribution is 2.55. The normalized spacial score (nSPS) is 26.3. The molecule has 1 aromatic carbocycles. The number of aromatic amines is 1. The van der Waals surface area contributed by atoms with Gasteiger partial charge in [-0.1, -0.05) is 12.8 Å². The SMILES string of the molecule is O=C(Nc1cc(F)cc(-c2nn[nH]n2)c1)C1[C@H]2CCCC[C@@H]12. The van der Waals surface area contributed by atoms with Gasteiger partial charge in [-0.05, 0) is 48.1 Å². The lowest BCUT2D eigenvalue weighted by molar-refractivity contribution is -0.117. The summed E-state index contributed by atoms with van der Waals surface area (Å²) < 4.78 is 13.7. The molecule has 2 aliphatic carbocycles. The molecule has 0 bridgehead atoms. The zero-order valence-corrected chi connectivity index (χ0v) is 11.9. The van der Waals surface area contributed by atoms with Crippen LogP contribution in [-0.2, 0) is 4.79 Å². The summed E-state index contributed by atoms with van der Waals surface area (Å²) in [7, 11) is 0. The number of carbonyl (C=O) groups excluding carboxylic acids is 1. The van der Waals surface area contributed by atoms with Crippen molar-refractivity contribution < 1.29 is 9.18 Å². The van der Waals surface area contributed by atoms with Crippen LogP contribution in [0.4, 0.5) is 10.1 Å². The molecule has 3 atom stereocenters. The molecule has 2 fully saturated rings. The Balaban J connectivity index is 1.52. The van der Waals surface area contributed by atoms with E-state index in [0.717, 1.165) is 12.8 Å². The minimum absolute atomic E-state index is 0.00145. The van der Waals surface area contributed by atoms with Crippen LogP contribution in [0, 0.1) is 23.6 Å². The Kier molecular flexibility index (Phi) is 3.13. The van der Waals surface area contributed by atoms with Crippen molar-refractivity contribution in [3.05, 3.63) is 24.0 Å². The Hall–Kier alpha value is -2.31. The predicted octanol–water partition coefficient (Wildman–Crippen LogP) is 2.38. The van der Waals surface area contributed by atoms with Gasteiger partial charge in [-0.15, -0.1) is 10.2 Å². The van der Waals surface area contributed by atoms with Crippen LogP contribution in [0.1, 0.15) is 25.7 Å². The summed E-state index contributed by atoms with van der Waals surface area (Å²) in [5.41, 5.74) is 0.922. The highest BCUT2D eigenvalue weighted by atomic mass is 19.1. The number of amides is 1. The number of rotatable bonds is 3. The summed E-state index contributed by atoms with van der Waals surface area (Å²) in [5, 5.41) is 16.3. The van der Waals surface area contributed by atoms with Crippen molar-refractivity contribution in [2.24, 2.45) is 17.8 Å². The molecule has 1 amide bonds. The van der Waals surface area contributed by atoms with Gasteiger partial charge < -0.3 is 5.32 Å². The van der Waals surface area contributed by atoms with Gasteiger partial charge in [0.1, 0.15) is 5.82 Å². The number of fused-ring (bicyclic) bond motifs is 1. The third-order valence-corrected chi connectivity index (χ3v) is 4.73. The number of hydrogen-bond acceptors (Lipinski definition) is 4. The molecule has 4 rings (SSSR count). The summed E-state index contributed by atoms with van der Waals surface area (Å²) in [6.45, 7) is 0. The topological polar surface area (TPSA) is 83.6 Å². The van der Waals surface area contributed by atoms with E-state index < -0.39 is 5.82 Å². The molecule has 2 saturated carbocycles. The van der Waals surface area contributed by atoms with Gasteiger partial charge in [0.2, 0.25) is 11.7 Å². The summed E-state index contributed by atoms with van der Waals surface area (Å²) in [5.74, 6) is 1.01. The second kappa shape index (κ2) is 5.15. The molecular formula is C15H16FN5O. The van der Waals surface area contributed by atoms with Gasteiger partial charge in [0.15, 0.2) is 0 Å². The van der Waals surface area contributed by atoms with E-state index in [1.54, 1.807) is 6.07 Å². The van der Waals surface area contributed by atoms with Crippen LogP contribution in [0.2, 0.25) is 0 Å². The maximum Gasteiger partial charge on any atom is 0.228 e. The van der Waals surface area contributed by atoms with Gasteiger partial charge in [-0.2, -0.15) is 5.21 Å². The van der Waals surface area contributed by atoms with Crippen molar-refractivity contribution in [2.45, 2.75) is 25.7 Å². The lowest BCUT2D eigenvalue weighted by Gasteiger charge is -2.06. The summed E-state index contributed by atoms with van der Waals surface area (Å²) in [4.78, 5) is 12.4. The Bertz CT molecular complexity index is 690. The van der Waals surface area contributed by atoms with Gasteiger partial charge in [0.05, 0.1) is 0 Å². The number of anilines is 1. The fraction of sp³-hybridized carbons (Fsp3) is 0.467. The molecule has 22 heavy (non-hydrogen) atoms. The van der Waals surface area contributed by atoms with E-state index in [-0.39, 0.29) is 11.8 Å². The van der Waals surface area contributed by atoms with Crippen molar-refractivity contribution >= 4 is 11.6 Å². The Morgan fingerprint density at radius 1 is 1.23 bits per heavy atom. The summed E-state index contributed by atoms with van der Waals surface area (Å²) in [6.07, 6.45) is 4.71. The number of halogens is 1.